The van der Waals surface area contributed by atoms with E-state index in [1.54, 1.807) is 7.11 Å². The lowest BCUT2D eigenvalue weighted by molar-refractivity contribution is 0.161. The molecule has 7 nitrogen and oxygen atoms in total. The van der Waals surface area contributed by atoms with E-state index in [1.807, 2.05) is 65.6 Å². The average molecular weight is 423 g/mol. The van der Waals surface area contributed by atoms with Gasteiger partial charge in [0.15, 0.2) is 5.82 Å². The first-order valence-corrected chi connectivity index (χ1v) is 10.5. The van der Waals surface area contributed by atoms with Gasteiger partial charge < -0.3 is 20.3 Å². The summed E-state index contributed by atoms with van der Waals surface area (Å²) >= 11 is 0. The molecule has 0 aliphatic carbocycles. The van der Waals surface area contributed by atoms with E-state index in [2.05, 4.69) is 10.3 Å². The van der Waals surface area contributed by atoms with E-state index in [-0.39, 0.29) is 13.2 Å². The Morgan fingerprint density at radius 2 is 1.68 bits per heavy atom. The van der Waals surface area contributed by atoms with Crippen molar-refractivity contribution in [3.63, 3.8) is 0 Å². The SMILES string of the molecule is COc1ccc(/C=C/c2nc(NCCCN(CCO)CCO)c3ccccc3n2)cc1. The highest BCUT2D eigenvalue weighted by Crippen LogP contribution is 2.21. The highest BCUT2D eigenvalue weighted by Gasteiger charge is 2.07. The van der Waals surface area contributed by atoms with Crippen molar-refractivity contribution in [2.75, 3.05) is 51.8 Å². The van der Waals surface area contributed by atoms with Gasteiger partial charge in [-0.15, -0.1) is 0 Å². The molecule has 0 spiro atoms. The number of nitrogens with zero attached hydrogens (tertiary/aromatic N) is 3. The van der Waals surface area contributed by atoms with E-state index < -0.39 is 0 Å². The maximum atomic E-state index is 9.14. The van der Waals surface area contributed by atoms with Gasteiger partial charge in [0.25, 0.3) is 0 Å². The van der Waals surface area contributed by atoms with Gasteiger partial charge in [0.2, 0.25) is 0 Å². The normalized spacial score (nSPS) is 11.5. The first-order valence-electron chi connectivity index (χ1n) is 10.5. The molecule has 1 aromatic heterocycles. The number of hydrogen-bond donors (Lipinski definition) is 3. The lowest BCUT2D eigenvalue weighted by Gasteiger charge is -2.20. The van der Waals surface area contributed by atoms with Crippen LogP contribution in [0.1, 0.15) is 17.8 Å². The summed E-state index contributed by atoms with van der Waals surface area (Å²) in [5.74, 6) is 2.26. The summed E-state index contributed by atoms with van der Waals surface area (Å²) < 4.78 is 5.20. The van der Waals surface area contributed by atoms with Gasteiger partial charge in [-0.1, -0.05) is 30.3 Å². The van der Waals surface area contributed by atoms with Crippen molar-refractivity contribution < 1.29 is 14.9 Å². The van der Waals surface area contributed by atoms with E-state index in [9.17, 15) is 0 Å². The average Bonchev–Trinajstić information content (AvgIpc) is 2.81. The molecule has 0 saturated heterocycles. The molecular formula is C24H30N4O3. The molecule has 164 valence electrons. The Bertz CT molecular complexity index is 970. The topological polar surface area (TPSA) is 90.7 Å². The fraction of sp³-hybridized carbons (Fsp3) is 0.333. The van der Waals surface area contributed by atoms with Crippen LogP contribution in [0.3, 0.4) is 0 Å². The summed E-state index contributed by atoms with van der Waals surface area (Å²) in [6.07, 6.45) is 4.76. The van der Waals surface area contributed by atoms with E-state index in [0.717, 1.165) is 47.5 Å². The zero-order valence-corrected chi connectivity index (χ0v) is 17.9. The molecule has 0 fully saturated rings. The number of benzene rings is 2. The molecule has 0 radical (unpaired) electrons. The van der Waals surface area contributed by atoms with Crippen molar-refractivity contribution >= 4 is 28.9 Å². The highest BCUT2D eigenvalue weighted by atomic mass is 16.5. The number of ether oxygens (including phenoxy) is 1. The van der Waals surface area contributed by atoms with Crippen molar-refractivity contribution in [3.8, 4) is 5.75 Å². The van der Waals surface area contributed by atoms with Crippen LogP contribution in [0, 0.1) is 0 Å². The molecule has 31 heavy (non-hydrogen) atoms. The van der Waals surface area contributed by atoms with Crippen LogP contribution in [-0.4, -0.2) is 71.6 Å². The first-order chi connectivity index (χ1) is 15.2. The molecule has 0 atom stereocenters. The molecule has 3 rings (SSSR count). The van der Waals surface area contributed by atoms with Crippen molar-refractivity contribution in [2.24, 2.45) is 0 Å². The number of aromatic nitrogens is 2. The Morgan fingerprint density at radius 3 is 2.39 bits per heavy atom. The molecule has 1 heterocycles. The van der Waals surface area contributed by atoms with Crippen LogP contribution >= 0.6 is 0 Å². The molecule has 0 bridgehead atoms. The van der Waals surface area contributed by atoms with Crippen molar-refractivity contribution in [1.82, 2.24) is 14.9 Å². The second kappa shape index (κ2) is 12.0. The van der Waals surface area contributed by atoms with Gasteiger partial charge in [0, 0.05) is 25.0 Å². The molecule has 0 unspecified atom stereocenters. The van der Waals surface area contributed by atoms with Gasteiger partial charge in [-0.25, -0.2) is 9.97 Å². The third-order valence-corrected chi connectivity index (χ3v) is 4.94. The molecule has 2 aromatic carbocycles. The number of aliphatic hydroxyl groups is 2. The smallest absolute Gasteiger partial charge is 0.154 e. The second-order valence-corrected chi connectivity index (χ2v) is 7.12. The van der Waals surface area contributed by atoms with E-state index in [4.69, 9.17) is 19.9 Å². The standard InChI is InChI=1S/C24H30N4O3/c1-31-20-10-7-19(8-11-20)9-12-23-26-22-6-3-2-5-21(22)24(27-23)25-13-4-14-28(15-17-29)16-18-30/h2-3,5-12,29-30H,4,13-18H2,1H3,(H,25,26,27)/b12-9+. The minimum atomic E-state index is 0.0911. The number of methoxy groups -OCH3 is 1. The minimum Gasteiger partial charge on any atom is -0.497 e. The van der Waals surface area contributed by atoms with Gasteiger partial charge in [0.05, 0.1) is 25.8 Å². The van der Waals surface area contributed by atoms with Crippen molar-refractivity contribution in [1.29, 1.82) is 0 Å². The predicted molar refractivity (Wildman–Crippen MR) is 125 cm³/mol. The van der Waals surface area contributed by atoms with Crippen molar-refractivity contribution in [2.45, 2.75) is 6.42 Å². The van der Waals surface area contributed by atoms with E-state index >= 15 is 0 Å². The summed E-state index contributed by atoms with van der Waals surface area (Å²) in [7, 11) is 1.65. The first kappa shape index (κ1) is 22.7. The molecule has 3 N–H and O–H groups in total. The van der Waals surface area contributed by atoms with Crippen molar-refractivity contribution in [3.05, 3.63) is 59.9 Å². The molecule has 0 saturated carbocycles. The maximum absolute atomic E-state index is 9.14. The summed E-state index contributed by atoms with van der Waals surface area (Å²) in [6.45, 7) is 2.84. The number of nitrogens with one attached hydrogen (secondary N) is 1. The molecule has 7 heteroatoms. The number of aliphatic hydroxyl groups excluding tert-OH is 2. The van der Waals surface area contributed by atoms with Gasteiger partial charge in [-0.05, 0) is 48.9 Å². The largest absolute Gasteiger partial charge is 0.497 e. The third-order valence-electron chi connectivity index (χ3n) is 4.94. The highest BCUT2D eigenvalue weighted by molar-refractivity contribution is 5.90. The number of para-hydroxylation sites is 1. The Hall–Kier alpha value is -3.00. The summed E-state index contributed by atoms with van der Waals surface area (Å²) in [5, 5.41) is 22.7. The zero-order chi connectivity index (χ0) is 21.9. The number of rotatable bonds is 12. The van der Waals surface area contributed by atoms with Crippen LogP contribution < -0.4 is 10.1 Å². The number of hydrogen-bond acceptors (Lipinski definition) is 7. The molecule has 3 aromatic rings. The Kier molecular flexibility index (Phi) is 8.78. The van der Waals surface area contributed by atoms with Crippen LogP contribution in [0.25, 0.3) is 23.1 Å². The van der Waals surface area contributed by atoms with E-state index in [1.165, 1.54) is 0 Å². The quantitative estimate of drug-likeness (QED) is 0.387. The Balaban J connectivity index is 1.70. The lowest BCUT2D eigenvalue weighted by Crippen LogP contribution is -2.31. The zero-order valence-electron chi connectivity index (χ0n) is 17.9. The Labute approximate surface area is 183 Å². The molecule has 0 aliphatic rings. The monoisotopic (exact) mass is 422 g/mol. The van der Waals surface area contributed by atoms with Crippen LogP contribution in [0.4, 0.5) is 5.82 Å². The van der Waals surface area contributed by atoms with Crippen LogP contribution in [0.5, 0.6) is 5.75 Å². The van der Waals surface area contributed by atoms with Crippen LogP contribution in [0.15, 0.2) is 48.5 Å². The van der Waals surface area contributed by atoms with Gasteiger partial charge >= 0.3 is 0 Å². The maximum Gasteiger partial charge on any atom is 0.154 e. The van der Waals surface area contributed by atoms with Gasteiger partial charge in [-0.2, -0.15) is 0 Å². The van der Waals surface area contributed by atoms with Crippen LogP contribution in [0.2, 0.25) is 0 Å². The summed E-state index contributed by atoms with van der Waals surface area (Å²) in [4.78, 5) is 11.4. The van der Waals surface area contributed by atoms with Crippen LogP contribution in [-0.2, 0) is 0 Å². The fourth-order valence-corrected chi connectivity index (χ4v) is 3.32. The molecule has 0 aliphatic heterocycles. The fourth-order valence-electron chi connectivity index (χ4n) is 3.32. The number of anilines is 1. The minimum absolute atomic E-state index is 0.0911. The second-order valence-electron chi connectivity index (χ2n) is 7.12. The Morgan fingerprint density at radius 1 is 0.935 bits per heavy atom. The molecular weight excluding hydrogens is 392 g/mol. The summed E-state index contributed by atoms with van der Waals surface area (Å²) in [5.41, 5.74) is 1.93. The lowest BCUT2D eigenvalue weighted by atomic mass is 10.2. The van der Waals surface area contributed by atoms with Gasteiger partial charge in [-0.3, -0.25) is 4.90 Å². The van der Waals surface area contributed by atoms with Gasteiger partial charge in [0.1, 0.15) is 11.6 Å². The number of fused-ring (bicyclic) bond motifs is 1. The third kappa shape index (κ3) is 6.75. The van der Waals surface area contributed by atoms with E-state index in [0.29, 0.717) is 18.9 Å². The predicted octanol–water partition coefficient (Wildman–Crippen LogP) is 2.90. The summed E-state index contributed by atoms with van der Waals surface area (Å²) in [6, 6.07) is 15.8. The molecule has 0 amide bonds.